The molecule has 3 N–H and O–H groups in total. The van der Waals surface area contributed by atoms with E-state index >= 15 is 0 Å². The van der Waals surface area contributed by atoms with Crippen LogP contribution >= 0.6 is 0 Å². The number of aromatic hydroxyl groups is 1. The largest absolute Gasteiger partial charge is 0.508 e. The summed E-state index contributed by atoms with van der Waals surface area (Å²) in [6.07, 6.45) is 3.66. The van der Waals surface area contributed by atoms with Crippen molar-refractivity contribution in [3.63, 3.8) is 0 Å². The van der Waals surface area contributed by atoms with Gasteiger partial charge in [-0.3, -0.25) is 0 Å². The lowest BCUT2D eigenvalue weighted by molar-refractivity contribution is 0.0591. The standard InChI is InChI=1S/C17H20N4O2/c18-17-16-15(19-10-20-17)14(11-5-7-23-8-6-11)9-21(16)12-1-3-13(22)4-2-12/h1-4,10-11,14,22H,5-9H2,(H2,18,19,20). The molecular formula is C17H20N4O2. The van der Waals surface area contributed by atoms with E-state index in [0.717, 1.165) is 49.7 Å². The van der Waals surface area contributed by atoms with Gasteiger partial charge in [0.05, 0.1) is 5.69 Å². The molecule has 2 aliphatic rings. The fourth-order valence-corrected chi connectivity index (χ4v) is 3.69. The molecule has 1 aromatic heterocycles. The highest BCUT2D eigenvalue weighted by molar-refractivity contribution is 5.78. The Morgan fingerprint density at radius 2 is 1.87 bits per heavy atom. The number of phenolic OH excluding ortho intramolecular Hbond substituents is 1. The Kier molecular flexibility index (Phi) is 3.53. The fraction of sp³-hybridized carbons (Fsp3) is 0.412. The molecule has 1 fully saturated rings. The molecule has 0 amide bonds. The predicted octanol–water partition coefficient (Wildman–Crippen LogP) is 2.43. The molecule has 0 bridgehead atoms. The summed E-state index contributed by atoms with van der Waals surface area (Å²) in [5.41, 5.74) is 9.11. The number of hydrogen-bond acceptors (Lipinski definition) is 6. The molecule has 3 heterocycles. The van der Waals surface area contributed by atoms with Gasteiger partial charge in [-0.25, -0.2) is 9.97 Å². The SMILES string of the molecule is Nc1ncnc2c1N(c1ccc(O)cc1)CC2C1CCOCC1. The average molecular weight is 312 g/mol. The van der Waals surface area contributed by atoms with Crippen LogP contribution in [0.1, 0.15) is 24.5 Å². The van der Waals surface area contributed by atoms with E-state index in [1.54, 1.807) is 18.5 Å². The molecule has 0 aliphatic carbocycles. The van der Waals surface area contributed by atoms with E-state index in [-0.39, 0.29) is 5.75 Å². The minimum absolute atomic E-state index is 0.256. The van der Waals surface area contributed by atoms with Crippen molar-refractivity contribution in [2.45, 2.75) is 18.8 Å². The Hall–Kier alpha value is -2.34. The average Bonchev–Trinajstić information content (AvgIpc) is 2.97. The van der Waals surface area contributed by atoms with Gasteiger partial charge >= 0.3 is 0 Å². The molecule has 2 aliphatic heterocycles. The van der Waals surface area contributed by atoms with Gasteiger partial charge in [0, 0.05) is 31.4 Å². The summed E-state index contributed by atoms with van der Waals surface area (Å²) in [4.78, 5) is 10.9. The lowest BCUT2D eigenvalue weighted by atomic mass is 9.85. The summed E-state index contributed by atoms with van der Waals surface area (Å²) >= 11 is 0. The number of rotatable bonds is 2. The molecule has 1 unspecified atom stereocenters. The number of benzene rings is 1. The van der Waals surface area contributed by atoms with Crippen LogP contribution in [-0.2, 0) is 4.74 Å². The van der Waals surface area contributed by atoms with E-state index in [9.17, 15) is 5.11 Å². The first-order valence-electron chi connectivity index (χ1n) is 7.98. The maximum absolute atomic E-state index is 9.52. The summed E-state index contributed by atoms with van der Waals surface area (Å²) in [6, 6.07) is 7.18. The second-order valence-electron chi connectivity index (χ2n) is 6.18. The highest BCUT2D eigenvalue weighted by Gasteiger charge is 2.38. The Morgan fingerprint density at radius 1 is 1.13 bits per heavy atom. The second kappa shape index (κ2) is 5.70. The minimum atomic E-state index is 0.256. The number of fused-ring (bicyclic) bond motifs is 1. The van der Waals surface area contributed by atoms with Crippen LogP contribution in [0.4, 0.5) is 17.2 Å². The van der Waals surface area contributed by atoms with Gasteiger partial charge in [0.15, 0.2) is 5.82 Å². The summed E-state index contributed by atoms with van der Waals surface area (Å²) in [5.74, 6) is 1.66. The van der Waals surface area contributed by atoms with Gasteiger partial charge in [-0.15, -0.1) is 0 Å². The molecule has 6 heteroatoms. The van der Waals surface area contributed by atoms with Gasteiger partial charge in [0.25, 0.3) is 0 Å². The van der Waals surface area contributed by atoms with Crippen LogP contribution in [-0.4, -0.2) is 34.8 Å². The van der Waals surface area contributed by atoms with Crippen molar-refractivity contribution < 1.29 is 9.84 Å². The third kappa shape index (κ3) is 2.49. The molecule has 23 heavy (non-hydrogen) atoms. The number of aromatic nitrogens is 2. The topological polar surface area (TPSA) is 84.5 Å². The highest BCUT2D eigenvalue weighted by Crippen LogP contribution is 2.47. The Balaban J connectivity index is 1.73. The van der Waals surface area contributed by atoms with Gasteiger partial charge in [0.1, 0.15) is 17.8 Å². The first-order valence-corrected chi connectivity index (χ1v) is 7.98. The molecule has 4 rings (SSSR count). The van der Waals surface area contributed by atoms with E-state index in [2.05, 4.69) is 14.9 Å². The number of nitrogen functional groups attached to an aromatic ring is 1. The van der Waals surface area contributed by atoms with E-state index in [0.29, 0.717) is 17.7 Å². The smallest absolute Gasteiger partial charge is 0.151 e. The van der Waals surface area contributed by atoms with Crippen molar-refractivity contribution in [1.29, 1.82) is 0 Å². The molecule has 6 nitrogen and oxygen atoms in total. The second-order valence-corrected chi connectivity index (χ2v) is 6.18. The molecule has 120 valence electrons. The van der Waals surface area contributed by atoms with Crippen LogP contribution in [0.2, 0.25) is 0 Å². The van der Waals surface area contributed by atoms with E-state index in [4.69, 9.17) is 10.5 Å². The monoisotopic (exact) mass is 312 g/mol. The zero-order valence-corrected chi connectivity index (χ0v) is 12.9. The fourth-order valence-electron chi connectivity index (χ4n) is 3.69. The normalized spacial score (nSPS) is 21.4. The zero-order chi connectivity index (χ0) is 15.8. The quantitative estimate of drug-likeness (QED) is 0.886. The lowest BCUT2D eigenvalue weighted by Gasteiger charge is -2.28. The number of phenols is 1. The Labute approximate surface area is 134 Å². The van der Waals surface area contributed by atoms with Crippen molar-refractivity contribution in [3.05, 3.63) is 36.3 Å². The lowest BCUT2D eigenvalue weighted by Crippen LogP contribution is -2.25. The summed E-state index contributed by atoms with van der Waals surface area (Å²) < 4.78 is 5.50. The summed E-state index contributed by atoms with van der Waals surface area (Å²) in [6.45, 7) is 2.47. The predicted molar refractivity (Wildman–Crippen MR) is 87.8 cm³/mol. The number of nitrogens with two attached hydrogens (primary N) is 1. The van der Waals surface area contributed by atoms with Gasteiger partial charge in [-0.2, -0.15) is 0 Å². The summed E-state index contributed by atoms with van der Waals surface area (Å²) in [5, 5.41) is 9.52. The zero-order valence-electron chi connectivity index (χ0n) is 12.9. The van der Waals surface area contributed by atoms with Crippen LogP contribution in [0, 0.1) is 5.92 Å². The molecule has 2 aromatic rings. The number of ether oxygens (including phenoxy) is 1. The van der Waals surface area contributed by atoms with E-state index in [1.165, 1.54) is 0 Å². The van der Waals surface area contributed by atoms with Crippen LogP contribution < -0.4 is 10.6 Å². The molecule has 0 spiro atoms. The first-order chi connectivity index (χ1) is 11.2. The van der Waals surface area contributed by atoms with Crippen molar-refractivity contribution in [3.8, 4) is 5.75 Å². The van der Waals surface area contributed by atoms with Crippen LogP contribution in [0.25, 0.3) is 0 Å². The maximum Gasteiger partial charge on any atom is 0.151 e. The molecular weight excluding hydrogens is 292 g/mol. The van der Waals surface area contributed by atoms with Gasteiger partial charge in [-0.05, 0) is 43.0 Å². The van der Waals surface area contributed by atoms with Crippen molar-refractivity contribution >= 4 is 17.2 Å². The van der Waals surface area contributed by atoms with Crippen molar-refractivity contribution in [2.24, 2.45) is 5.92 Å². The third-order valence-electron chi connectivity index (χ3n) is 4.88. The maximum atomic E-state index is 9.52. The van der Waals surface area contributed by atoms with Crippen LogP contribution in [0.5, 0.6) is 5.75 Å². The van der Waals surface area contributed by atoms with Gasteiger partial charge in [0.2, 0.25) is 0 Å². The highest BCUT2D eigenvalue weighted by atomic mass is 16.5. The minimum Gasteiger partial charge on any atom is -0.508 e. The van der Waals surface area contributed by atoms with E-state index in [1.807, 2.05) is 12.1 Å². The third-order valence-corrected chi connectivity index (χ3v) is 4.88. The first kappa shape index (κ1) is 14.3. The Bertz CT molecular complexity index is 698. The molecule has 1 saturated heterocycles. The molecule has 0 radical (unpaired) electrons. The molecule has 1 atom stereocenters. The van der Waals surface area contributed by atoms with Crippen LogP contribution in [0.15, 0.2) is 30.6 Å². The molecule has 0 saturated carbocycles. The molecule has 1 aromatic carbocycles. The number of nitrogens with zero attached hydrogens (tertiary/aromatic N) is 3. The van der Waals surface area contributed by atoms with Crippen molar-refractivity contribution in [1.82, 2.24) is 9.97 Å². The number of hydrogen-bond donors (Lipinski definition) is 2. The Morgan fingerprint density at radius 3 is 2.61 bits per heavy atom. The van der Waals surface area contributed by atoms with Gasteiger partial charge in [-0.1, -0.05) is 0 Å². The van der Waals surface area contributed by atoms with Gasteiger partial charge < -0.3 is 20.5 Å². The van der Waals surface area contributed by atoms with Crippen LogP contribution in [0.3, 0.4) is 0 Å². The van der Waals surface area contributed by atoms with E-state index < -0.39 is 0 Å². The number of anilines is 3. The summed E-state index contributed by atoms with van der Waals surface area (Å²) in [7, 11) is 0. The van der Waals surface area contributed by atoms with Crippen molar-refractivity contribution in [2.75, 3.05) is 30.4 Å².